The molecule has 0 saturated carbocycles. The van der Waals surface area contributed by atoms with Crippen LogP contribution in [0.25, 0.3) is 0 Å². The van der Waals surface area contributed by atoms with Gasteiger partial charge in [-0.25, -0.2) is 4.98 Å². The Morgan fingerprint density at radius 2 is 2.38 bits per heavy atom. The molecule has 1 aromatic heterocycles. The van der Waals surface area contributed by atoms with Crippen molar-refractivity contribution in [1.29, 1.82) is 0 Å². The number of carbonyl (C=O) groups is 1. The number of aromatic nitrogens is 2. The van der Waals surface area contributed by atoms with E-state index in [1.807, 2.05) is 0 Å². The van der Waals surface area contributed by atoms with E-state index in [1.165, 1.54) is 6.20 Å². The largest absolute Gasteiger partial charge is 0.391 e. The Balaban J connectivity index is 2.08. The van der Waals surface area contributed by atoms with Gasteiger partial charge < -0.3 is 14.6 Å². The molecule has 0 unspecified atom stereocenters. The molecular formula is C13H14F3N3O2. The van der Waals surface area contributed by atoms with E-state index < -0.39 is 24.5 Å². The van der Waals surface area contributed by atoms with E-state index in [2.05, 4.69) is 16.2 Å². The van der Waals surface area contributed by atoms with Gasteiger partial charge in [-0.05, 0) is 0 Å². The summed E-state index contributed by atoms with van der Waals surface area (Å²) in [6.07, 6.45) is 0.650. The van der Waals surface area contributed by atoms with Gasteiger partial charge in [0.2, 0.25) is 0 Å². The third-order valence-electron chi connectivity index (χ3n) is 3.04. The highest BCUT2D eigenvalue weighted by molar-refractivity contribution is 5.92. The fourth-order valence-electron chi connectivity index (χ4n) is 2.13. The van der Waals surface area contributed by atoms with Crippen LogP contribution in [0.2, 0.25) is 0 Å². The highest BCUT2D eigenvalue weighted by Gasteiger charge is 2.33. The number of nitrogens with zero attached hydrogens (tertiary/aromatic N) is 2. The van der Waals surface area contributed by atoms with E-state index in [0.29, 0.717) is 19.0 Å². The fourth-order valence-corrected chi connectivity index (χ4v) is 2.13. The molecular weight excluding hydrogens is 287 g/mol. The molecule has 8 heteroatoms. The second kappa shape index (κ2) is 6.18. The predicted octanol–water partition coefficient (Wildman–Crippen LogP) is 1.49. The summed E-state index contributed by atoms with van der Waals surface area (Å²) in [5.74, 6) is 2.11. The van der Waals surface area contributed by atoms with E-state index in [1.54, 1.807) is 4.57 Å². The van der Waals surface area contributed by atoms with E-state index in [-0.39, 0.29) is 18.7 Å². The molecule has 1 N–H and O–H groups in total. The SMILES string of the molecule is C#CC[C@H](CC(F)(F)F)NC(=O)c1cnc2n1CCOC2. The summed E-state index contributed by atoms with van der Waals surface area (Å²) >= 11 is 0. The molecule has 0 spiro atoms. The molecule has 5 nitrogen and oxygen atoms in total. The van der Waals surface area contributed by atoms with Crippen LogP contribution in [0.1, 0.15) is 29.2 Å². The minimum Gasteiger partial charge on any atom is -0.372 e. The Hall–Kier alpha value is -2.01. The Kier molecular flexibility index (Phi) is 4.53. The van der Waals surface area contributed by atoms with Crippen molar-refractivity contribution in [2.45, 2.75) is 38.2 Å². The molecule has 0 bridgehead atoms. The van der Waals surface area contributed by atoms with Crippen molar-refractivity contribution in [3.63, 3.8) is 0 Å². The molecule has 1 aliphatic heterocycles. The van der Waals surface area contributed by atoms with E-state index in [4.69, 9.17) is 11.2 Å². The van der Waals surface area contributed by atoms with Crippen molar-refractivity contribution >= 4 is 5.91 Å². The number of hydrogen-bond donors (Lipinski definition) is 1. The van der Waals surface area contributed by atoms with Crippen LogP contribution in [-0.4, -0.2) is 34.3 Å². The van der Waals surface area contributed by atoms with Crippen molar-refractivity contribution in [1.82, 2.24) is 14.9 Å². The molecule has 1 aliphatic rings. The van der Waals surface area contributed by atoms with Crippen LogP contribution in [-0.2, 0) is 17.9 Å². The average Bonchev–Trinajstić information content (AvgIpc) is 2.80. The molecule has 0 aromatic carbocycles. The Labute approximate surface area is 119 Å². The lowest BCUT2D eigenvalue weighted by Gasteiger charge is -2.20. The second-order valence-electron chi connectivity index (χ2n) is 4.66. The third-order valence-corrected chi connectivity index (χ3v) is 3.04. The number of nitrogens with one attached hydrogen (secondary N) is 1. The van der Waals surface area contributed by atoms with Gasteiger partial charge in [-0.15, -0.1) is 12.3 Å². The molecule has 0 saturated heterocycles. The zero-order valence-electron chi connectivity index (χ0n) is 11.1. The van der Waals surface area contributed by atoms with Crippen molar-refractivity contribution in [3.8, 4) is 12.3 Å². The first-order valence-electron chi connectivity index (χ1n) is 6.34. The summed E-state index contributed by atoms with van der Waals surface area (Å²) in [6.45, 7) is 1.15. The summed E-state index contributed by atoms with van der Waals surface area (Å²) in [7, 11) is 0. The quantitative estimate of drug-likeness (QED) is 0.857. The number of amides is 1. The molecule has 1 atom stereocenters. The zero-order chi connectivity index (χ0) is 15.5. The van der Waals surface area contributed by atoms with Crippen molar-refractivity contribution in [2.24, 2.45) is 0 Å². The molecule has 21 heavy (non-hydrogen) atoms. The molecule has 1 aromatic rings. The van der Waals surface area contributed by atoms with Gasteiger partial charge in [-0.1, -0.05) is 0 Å². The monoisotopic (exact) mass is 301 g/mol. The van der Waals surface area contributed by atoms with E-state index in [9.17, 15) is 18.0 Å². The van der Waals surface area contributed by atoms with Gasteiger partial charge in [-0.2, -0.15) is 13.2 Å². The number of fused-ring (bicyclic) bond motifs is 1. The van der Waals surface area contributed by atoms with Crippen LogP contribution in [0.3, 0.4) is 0 Å². The van der Waals surface area contributed by atoms with Gasteiger partial charge in [-0.3, -0.25) is 4.79 Å². The number of rotatable bonds is 4. The minimum atomic E-state index is -4.39. The summed E-state index contributed by atoms with van der Waals surface area (Å²) in [5, 5.41) is 2.32. The lowest BCUT2D eigenvalue weighted by atomic mass is 10.1. The van der Waals surface area contributed by atoms with Crippen molar-refractivity contribution in [3.05, 3.63) is 17.7 Å². The van der Waals surface area contributed by atoms with Crippen molar-refractivity contribution < 1.29 is 22.7 Å². The van der Waals surface area contributed by atoms with Crippen LogP contribution in [0.15, 0.2) is 6.20 Å². The van der Waals surface area contributed by atoms with Gasteiger partial charge in [0.1, 0.15) is 18.1 Å². The third kappa shape index (κ3) is 3.98. The first-order chi connectivity index (χ1) is 9.90. The highest BCUT2D eigenvalue weighted by atomic mass is 19.4. The van der Waals surface area contributed by atoms with Crippen LogP contribution in [0.5, 0.6) is 0 Å². The number of imidazole rings is 1. The Morgan fingerprint density at radius 1 is 1.62 bits per heavy atom. The zero-order valence-corrected chi connectivity index (χ0v) is 11.1. The first kappa shape index (κ1) is 15.4. The molecule has 2 rings (SSSR count). The molecule has 1 amide bonds. The summed E-state index contributed by atoms with van der Waals surface area (Å²) in [6, 6.07) is -1.14. The van der Waals surface area contributed by atoms with E-state index >= 15 is 0 Å². The van der Waals surface area contributed by atoms with Gasteiger partial charge >= 0.3 is 6.18 Å². The normalized spacial score (nSPS) is 15.9. The van der Waals surface area contributed by atoms with Gasteiger partial charge in [0.15, 0.2) is 0 Å². The maximum Gasteiger partial charge on any atom is 0.391 e. The van der Waals surface area contributed by atoms with Crippen LogP contribution < -0.4 is 5.32 Å². The highest BCUT2D eigenvalue weighted by Crippen LogP contribution is 2.23. The number of ether oxygens (including phenoxy) is 1. The Morgan fingerprint density at radius 3 is 3.05 bits per heavy atom. The fraction of sp³-hybridized carbons (Fsp3) is 0.538. The number of terminal acetylenes is 1. The second-order valence-corrected chi connectivity index (χ2v) is 4.66. The van der Waals surface area contributed by atoms with Gasteiger partial charge in [0.05, 0.1) is 19.2 Å². The molecule has 0 fully saturated rings. The number of hydrogen-bond acceptors (Lipinski definition) is 3. The molecule has 114 valence electrons. The van der Waals surface area contributed by atoms with Gasteiger partial charge in [0, 0.05) is 19.0 Å². The lowest BCUT2D eigenvalue weighted by Crippen LogP contribution is -2.39. The van der Waals surface area contributed by atoms with Crippen LogP contribution in [0.4, 0.5) is 13.2 Å². The van der Waals surface area contributed by atoms with Crippen LogP contribution >= 0.6 is 0 Å². The lowest BCUT2D eigenvalue weighted by molar-refractivity contribution is -0.139. The molecule has 2 heterocycles. The van der Waals surface area contributed by atoms with E-state index in [0.717, 1.165) is 0 Å². The van der Waals surface area contributed by atoms with Gasteiger partial charge in [0.25, 0.3) is 5.91 Å². The average molecular weight is 301 g/mol. The maximum absolute atomic E-state index is 12.4. The topological polar surface area (TPSA) is 56.2 Å². The Bertz CT molecular complexity index is 560. The smallest absolute Gasteiger partial charge is 0.372 e. The summed E-state index contributed by atoms with van der Waals surface area (Å²) < 4.78 is 44.1. The summed E-state index contributed by atoms with van der Waals surface area (Å²) in [5.41, 5.74) is 0.220. The molecule has 0 aliphatic carbocycles. The summed E-state index contributed by atoms with van der Waals surface area (Å²) in [4.78, 5) is 16.1. The standard InChI is InChI=1S/C13H14F3N3O2/c1-2-3-9(6-13(14,15)16)18-12(20)10-7-17-11-8-21-5-4-19(10)11/h1,7,9H,3-6,8H2,(H,18,20)/t9-/m1/s1. The number of carbonyl (C=O) groups excluding carboxylic acids is 1. The number of halogens is 3. The maximum atomic E-state index is 12.4. The minimum absolute atomic E-state index is 0.185. The van der Waals surface area contributed by atoms with Crippen molar-refractivity contribution in [2.75, 3.05) is 6.61 Å². The predicted molar refractivity (Wildman–Crippen MR) is 67.3 cm³/mol. The van der Waals surface area contributed by atoms with Crippen LogP contribution in [0, 0.1) is 12.3 Å². The number of alkyl halides is 3. The molecule has 0 radical (unpaired) electrons. The first-order valence-corrected chi connectivity index (χ1v) is 6.34.